The van der Waals surface area contributed by atoms with Crippen LogP contribution in [0.3, 0.4) is 0 Å². The van der Waals surface area contributed by atoms with Crippen molar-refractivity contribution in [3.8, 4) is 0 Å². The first-order valence-electron chi connectivity index (χ1n) is 4.14. The van der Waals surface area contributed by atoms with Gasteiger partial charge in [0.2, 0.25) is 5.78 Å². The molecule has 0 bridgehead atoms. The summed E-state index contributed by atoms with van der Waals surface area (Å²) in [7, 11) is 0. The highest BCUT2D eigenvalue weighted by atomic mass is 16.4. The maximum atomic E-state index is 11.5. The second-order valence-electron chi connectivity index (χ2n) is 3.02. The van der Waals surface area contributed by atoms with Crippen LogP contribution in [0, 0.1) is 5.21 Å². The first-order chi connectivity index (χ1) is 6.33. The van der Waals surface area contributed by atoms with E-state index in [1.807, 2.05) is 12.1 Å². The summed E-state index contributed by atoms with van der Waals surface area (Å²) in [5.41, 5.74) is 1.79. The van der Waals surface area contributed by atoms with Crippen LogP contribution < -0.4 is 0 Å². The number of rotatable bonds is 0. The lowest BCUT2D eigenvalue weighted by Crippen LogP contribution is -2.22. The molecule has 0 amide bonds. The third-order valence-corrected chi connectivity index (χ3v) is 2.27. The molecule has 0 saturated carbocycles. The fourth-order valence-corrected chi connectivity index (χ4v) is 1.57. The normalized spacial score (nSPS) is 18.8. The summed E-state index contributed by atoms with van der Waals surface area (Å²) in [6, 6.07) is 7.34. The van der Waals surface area contributed by atoms with Gasteiger partial charge in [-0.2, -0.15) is 0 Å². The van der Waals surface area contributed by atoms with Crippen LogP contribution in [-0.2, 0) is 6.42 Å². The number of aryl methyl sites for hydroxylation is 1. The Hall–Kier alpha value is -1.64. The number of ketones is 1. The molecule has 0 unspecified atom stereocenters. The summed E-state index contributed by atoms with van der Waals surface area (Å²) >= 11 is 0. The Balaban J connectivity index is 2.51. The Morgan fingerprint density at radius 1 is 1.23 bits per heavy atom. The van der Waals surface area contributed by atoms with Gasteiger partial charge in [0.15, 0.2) is 0 Å². The van der Waals surface area contributed by atoms with E-state index in [1.165, 1.54) is 0 Å². The SMILES string of the molecule is O=C1/C(=N/[O-])CCc2ccccc21. The predicted molar refractivity (Wildman–Crippen MR) is 49.9 cm³/mol. The Morgan fingerprint density at radius 2 is 2.00 bits per heavy atom. The van der Waals surface area contributed by atoms with Gasteiger partial charge in [-0.1, -0.05) is 24.3 Å². The van der Waals surface area contributed by atoms with Crippen molar-refractivity contribution in [2.75, 3.05) is 0 Å². The Labute approximate surface area is 75.7 Å². The summed E-state index contributed by atoms with van der Waals surface area (Å²) in [6.07, 6.45) is 1.21. The Morgan fingerprint density at radius 3 is 2.77 bits per heavy atom. The molecule has 1 aromatic rings. The zero-order valence-corrected chi connectivity index (χ0v) is 6.99. The van der Waals surface area contributed by atoms with Crippen LogP contribution in [-0.4, -0.2) is 11.5 Å². The number of fused-ring (bicyclic) bond motifs is 1. The monoisotopic (exact) mass is 174 g/mol. The van der Waals surface area contributed by atoms with E-state index in [0.717, 1.165) is 12.0 Å². The standard InChI is InChI=1S/C10H9NO2/c12-10-8-4-2-1-3-7(8)5-6-9(10)11-13/h1-4,13H,5-6H2/p-1/b11-9+. The molecule has 3 heteroatoms. The molecule has 0 spiro atoms. The lowest BCUT2D eigenvalue weighted by Gasteiger charge is -2.16. The van der Waals surface area contributed by atoms with Crippen molar-refractivity contribution in [1.29, 1.82) is 0 Å². The highest BCUT2D eigenvalue weighted by molar-refractivity contribution is 6.47. The van der Waals surface area contributed by atoms with Crippen LogP contribution in [0.2, 0.25) is 0 Å². The molecule has 2 rings (SSSR count). The van der Waals surface area contributed by atoms with Gasteiger partial charge in [0.05, 0.1) is 5.71 Å². The fraction of sp³-hybridized carbons (Fsp3) is 0.200. The number of nitrogens with zero attached hydrogens (tertiary/aromatic N) is 1. The van der Waals surface area contributed by atoms with E-state index in [0.29, 0.717) is 12.0 Å². The Kier molecular flexibility index (Phi) is 1.85. The number of benzene rings is 1. The van der Waals surface area contributed by atoms with Gasteiger partial charge in [0.1, 0.15) is 0 Å². The zero-order valence-electron chi connectivity index (χ0n) is 6.99. The van der Waals surface area contributed by atoms with E-state index in [2.05, 4.69) is 5.16 Å². The lowest BCUT2D eigenvalue weighted by atomic mass is 9.89. The molecule has 1 aliphatic rings. The molecule has 0 saturated heterocycles. The van der Waals surface area contributed by atoms with Crippen molar-refractivity contribution in [2.24, 2.45) is 5.16 Å². The summed E-state index contributed by atoms with van der Waals surface area (Å²) in [5.74, 6) is -0.211. The maximum absolute atomic E-state index is 11.5. The molecule has 0 aliphatic heterocycles. The third kappa shape index (κ3) is 1.22. The highest BCUT2D eigenvalue weighted by Crippen LogP contribution is 2.19. The summed E-state index contributed by atoms with van der Waals surface area (Å²) in [5, 5.41) is 13.0. The molecule has 1 aromatic carbocycles. The van der Waals surface area contributed by atoms with Gasteiger partial charge in [-0.15, -0.1) is 0 Å². The van der Waals surface area contributed by atoms with Crippen LogP contribution in [0.25, 0.3) is 0 Å². The number of hydrogen-bond acceptors (Lipinski definition) is 3. The van der Waals surface area contributed by atoms with Crippen LogP contribution in [0.1, 0.15) is 22.3 Å². The van der Waals surface area contributed by atoms with Crippen molar-refractivity contribution in [3.05, 3.63) is 40.6 Å². The second-order valence-corrected chi connectivity index (χ2v) is 3.02. The molecule has 0 atom stereocenters. The van der Waals surface area contributed by atoms with E-state index in [-0.39, 0.29) is 11.5 Å². The number of hydrogen-bond donors (Lipinski definition) is 0. The van der Waals surface area contributed by atoms with E-state index < -0.39 is 0 Å². The molecule has 66 valence electrons. The van der Waals surface area contributed by atoms with Crippen LogP contribution in [0.4, 0.5) is 0 Å². The van der Waals surface area contributed by atoms with Crippen molar-refractivity contribution >= 4 is 11.5 Å². The van der Waals surface area contributed by atoms with Gasteiger partial charge in [-0.25, -0.2) is 0 Å². The minimum absolute atomic E-state index is 0.152. The van der Waals surface area contributed by atoms with Gasteiger partial charge in [-0.05, 0) is 18.4 Å². The quantitative estimate of drug-likeness (QED) is 0.562. The number of Topliss-reactive ketones (excluding diaryl/α,β-unsaturated/α-hetero) is 1. The van der Waals surface area contributed by atoms with Crippen molar-refractivity contribution < 1.29 is 4.79 Å². The highest BCUT2D eigenvalue weighted by Gasteiger charge is 2.21. The van der Waals surface area contributed by atoms with Gasteiger partial charge in [0, 0.05) is 5.56 Å². The van der Waals surface area contributed by atoms with Gasteiger partial charge in [0.25, 0.3) is 0 Å². The first-order valence-corrected chi connectivity index (χ1v) is 4.14. The molecule has 0 aromatic heterocycles. The predicted octanol–water partition coefficient (Wildman–Crippen LogP) is 1.75. The zero-order chi connectivity index (χ0) is 9.26. The van der Waals surface area contributed by atoms with E-state index in [4.69, 9.17) is 0 Å². The van der Waals surface area contributed by atoms with E-state index in [9.17, 15) is 10.0 Å². The topological polar surface area (TPSA) is 52.5 Å². The molecule has 0 fully saturated rings. The number of carbonyl (C=O) groups is 1. The van der Waals surface area contributed by atoms with Gasteiger partial charge < -0.3 is 10.4 Å². The molecule has 3 nitrogen and oxygen atoms in total. The third-order valence-electron chi connectivity index (χ3n) is 2.27. The smallest absolute Gasteiger partial charge is 0.206 e. The molecule has 1 aliphatic carbocycles. The summed E-state index contributed by atoms with van der Waals surface area (Å²) in [4.78, 5) is 11.5. The largest absolute Gasteiger partial charge is 0.792 e. The van der Waals surface area contributed by atoms with Crippen molar-refractivity contribution in [3.63, 3.8) is 0 Å². The fourth-order valence-electron chi connectivity index (χ4n) is 1.57. The first kappa shape index (κ1) is 7.98. The average molecular weight is 174 g/mol. The maximum Gasteiger partial charge on any atom is 0.206 e. The second kappa shape index (κ2) is 3.01. The van der Waals surface area contributed by atoms with Gasteiger partial charge in [-0.3, -0.25) is 4.79 Å². The van der Waals surface area contributed by atoms with Crippen molar-refractivity contribution in [1.82, 2.24) is 0 Å². The molecular formula is C10H8NO2-. The minimum Gasteiger partial charge on any atom is -0.792 e. The molecular weight excluding hydrogens is 166 g/mol. The molecule has 0 heterocycles. The van der Waals surface area contributed by atoms with Crippen LogP contribution in [0.5, 0.6) is 0 Å². The Bertz CT molecular complexity index is 382. The van der Waals surface area contributed by atoms with Crippen molar-refractivity contribution in [2.45, 2.75) is 12.8 Å². The van der Waals surface area contributed by atoms with Crippen LogP contribution >= 0.6 is 0 Å². The van der Waals surface area contributed by atoms with E-state index in [1.54, 1.807) is 12.1 Å². The van der Waals surface area contributed by atoms with Gasteiger partial charge >= 0.3 is 0 Å². The minimum atomic E-state index is -0.211. The lowest BCUT2D eigenvalue weighted by molar-refractivity contribution is 0.106. The molecule has 0 N–H and O–H groups in total. The molecule has 0 radical (unpaired) electrons. The summed E-state index contributed by atoms with van der Waals surface area (Å²) in [6.45, 7) is 0. The van der Waals surface area contributed by atoms with E-state index >= 15 is 0 Å². The molecule has 13 heavy (non-hydrogen) atoms. The number of carbonyl (C=O) groups excluding carboxylic acids is 1. The van der Waals surface area contributed by atoms with Crippen LogP contribution in [0.15, 0.2) is 29.4 Å². The average Bonchev–Trinajstić information content (AvgIpc) is 2.19. The summed E-state index contributed by atoms with van der Waals surface area (Å²) < 4.78 is 0.